The predicted octanol–water partition coefficient (Wildman–Crippen LogP) is 2.61. The summed E-state index contributed by atoms with van der Waals surface area (Å²) in [7, 11) is 0. The van der Waals surface area contributed by atoms with E-state index in [1.165, 1.54) is 19.3 Å². The third kappa shape index (κ3) is 4.44. The number of aryl methyl sites for hydroxylation is 1. The second kappa shape index (κ2) is 7.40. The fourth-order valence-electron chi connectivity index (χ4n) is 1.48. The Hall–Kier alpha value is -0.940. The molecule has 4 nitrogen and oxygen atoms in total. The summed E-state index contributed by atoms with van der Waals surface area (Å²) in [5, 5.41) is 0. The molecule has 0 spiro atoms. The Kier molecular flexibility index (Phi) is 6.15. The number of thioether (sulfide) groups is 1. The van der Waals surface area contributed by atoms with Crippen LogP contribution in [0.2, 0.25) is 0 Å². The normalized spacial score (nSPS) is 10.5. The van der Waals surface area contributed by atoms with Crippen molar-refractivity contribution < 1.29 is 9.21 Å². The molecule has 1 rings (SSSR count). The number of hydrazine groups is 1. The maximum Gasteiger partial charge on any atom is 0.300 e. The van der Waals surface area contributed by atoms with Gasteiger partial charge in [0.15, 0.2) is 5.76 Å². The number of nitrogens with two attached hydrogens (primary N) is 1. The van der Waals surface area contributed by atoms with Crippen LogP contribution in [0, 0.1) is 6.92 Å². The maximum atomic E-state index is 11.3. The number of unbranched alkanes of at least 4 members (excludes halogenated alkanes) is 2. The minimum absolute atomic E-state index is 0.286. The molecule has 1 heterocycles. The molecule has 0 aromatic carbocycles. The molecule has 0 saturated heterocycles. The Morgan fingerprint density at radius 1 is 1.53 bits per heavy atom. The van der Waals surface area contributed by atoms with Gasteiger partial charge in [-0.05, 0) is 25.2 Å². The molecule has 0 radical (unpaired) electrons. The van der Waals surface area contributed by atoms with Gasteiger partial charge >= 0.3 is 5.91 Å². The van der Waals surface area contributed by atoms with Crippen molar-refractivity contribution in [3.63, 3.8) is 0 Å². The number of carbonyl (C=O) groups is 1. The molecule has 0 bridgehead atoms. The number of rotatable bonds is 7. The lowest BCUT2D eigenvalue weighted by molar-refractivity contribution is 0.0924. The zero-order chi connectivity index (χ0) is 12.7. The molecule has 1 aromatic heterocycles. The highest BCUT2D eigenvalue weighted by atomic mass is 32.2. The lowest BCUT2D eigenvalue weighted by Gasteiger charge is -1.99. The SMILES string of the molecule is CCCCCSCc1cc(C(=O)NN)oc1C. The van der Waals surface area contributed by atoms with Gasteiger partial charge in [0.05, 0.1) is 0 Å². The van der Waals surface area contributed by atoms with Crippen LogP contribution < -0.4 is 11.3 Å². The van der Waals surface area contributed by atoms with Gasteiger partial charge in [0.1, 0.15) is 5.76 Å². The summed E-state index contributed by atoms with van der Waals surface area (Å²) in [4.78, 5) is 11.3. The molecule has 96 valence electrons. The van der Waals surface area contributed by atoms with Crippen molar-refractivity contribution >= 4 is 17.7 Å². The van der Waals surface area contributed by atoms with Crippen LogP contribution in [0.5, 0.6) is 0 Å². The summed E-state index contributed by atoms with van der Waals surface area (Å²) in [5.74, 6) is 7.79. The Bertz CT molecular complexity index is 363. The molecule has 1 amide bonds. The highest BCUT2D eigenvalue weighted by molar-refractivity contribution is 7.98. The van der Waals surface area contributed by atoms with E-state index in [0.717, 1.165) is 22.8 Å². The van der Waals surface area contributed by atoms with E-state index >= 15 is 0 Å². The molecule has 0 aliphatic heterocycles. The largest absolute Gasteiger partial charge is 0.456 e. The molecular weight excluding hydrogens is 236 g/mol. The number of hydrogen-bond donors (Lipinski definition) is 2. The van der Waals surface area contributed by atoms with E-state index in [0.29, 0.717) is 0 Å². The van der Waals surface area contributed by atoms with Crippen LogP contribution in [0.4, 0.5) is 0 Å². The lowest BCUT2D eigenvalue weighted by atomic mass is 10.3. The topological polar surface area (TPSA) is 68.3 Å². The number of nitrogen functional groups attached to an aromatic ring is 1. The van der Waals surface area contributed by atoms with Crippen LogP contribution in [0.3, 0.4) is 0 Å². The van der Waals surface area contributed by atoms with E-state index < -0.39 is 0 Å². The monoisotopic (exact) mass is 256 g/mol. The number of nitrogens with one attached hydrogen (secondary N) is 1. The van der Waals surface area contributed by atoms with Crippen LogP contribution in [0.25, 0.3) is 0 Å². The highest BCUT2D eigenvalue weighted by Gasteiger charge is 2.12. The van der Waals surface area contributed by atoms with E-state index in [1.54, 1.807) is 6.07 Å². The zero-order valence-corrected chi connectivity index (χ0v) is 11.2. The molecule has 0 fully saturated rings. The molecule has 1 aromatic rings. The lowest BCUT2D eigenvalue weighted by Crippen LogP contribution is -2.29. The third-order valence-electron chi connectivity index (χ3n) is 2.53. The van der Waals surface area contributed by atoms with Gasteiger partial charge in [-0.3, -0.25) is 10.2 Å². The smallest absolute Gasteiger partial charge is 0.300 e. The summed E-state index contributed by atoms with van der Waals surface area (Å²) in [6.07, 6.45) is 3.76. The van der Waals surface area contributed by atoms with Crippen molar-refractivity contribution in [2.24, 2.45) is 5.84 Å². The van der Waals surface area contributed by atoms with Gasteiger partial charge in [0.2, 0.25) is 0 Å². The van der Waals surface area contributed by atoms with Gasteiger partial charge in [0.25, 0.3) is 0 Å². The van der Waals surface area contributed by atoms with Crippen LogP contribution >= 0.6 is 11.8 Å². The van der Waals surface area contributed by atoms with E-state index in [4.69, 9.17) is 10.3 Å². The first-order valence-corrected chi connectivity index (χ1v) is 7.02. The van der Waals surface area contributed by atoms with Gasteiger partial charge in [-0.15, -0.1) is 0 Å². The Morgan fingerprint density at radius 2 is 2.29 bits per heavy atom. The van der Waals surface area contributed by atoms with Crippen molar-refractivity contribution in [2.75, 3.05) is 5.75 Å². The molecule has 5 heteroatoms. The molecule has 0 unspecified atom stereocenters. The van der Waals surface area contributed by atoms with Crippen molar-refractivity contribution in [3.8, 4) is 0 Å². The Labute approximate surface area is 106 Å². The second-order valence-corrected chi connectivity index (χ2v) is 5.03. The summed E-state index contributed by atoms with van der Waals surface area (Å²) in [5.41, 5.74) is 3.14. The Morgan fingerprint density at radius 3 is 2.94 bits per heavy atom. The van der Waals surface area contributed by atoms with E-state index in [9.17, 15) is 4.79 Å². The van der Waals surface area contributed by atoms with E-state index in [1.807, 2.05) is 18.7 Å². The molecule has 3 N–H and O–H groups in total. The van der Waals surface area contributed by atoms with Crippen molar-refractivity contribution in [2.45, 2.75) is 38.9 Å². The predicted molar refractivity (Wildman–Crippen MR) is 70.8 cm³/mol. The van der Waals surface area contributed by atoms with Crippen LogP contribution in [0.15, 0.2) is 10.5 Å². The van der Waals surface area contributed by atoms with E-state index in [-0.39, 0.29) is 11.7 Å². The number of amides is 1. The molecule has 0 atom stereocenters. The van der Waals surface area contributed by atoms with Gasteiger partial charge < -0.3 is 4.42 Å². The van der Waals surface area contributed by atoms with Crippen molar-refractivity contribution in [1.82, 2.24) is 5.43 Å². The fraction of sp³-hybridized carbons (Fsp3) is 0.583. The second-order valence-electron chi connectivity index (χ2n) is 3.93. The van der Waals surface area contributed by atoms with Crippen LogP contribution in [0.1, 0.15) is 48.1 Å². The molecule has 0 saturated carbocycles. The first-order chi connectivity index (χ1) is 8.19. The maximum absolute atomic E-state index is 11.3. The highest BCUT2D eigenvalue weighted by Crippen LogP contribution is 2.21. The van der Waals surface area contributed by atoms with Gasteiger partial charge in [-0.1, -0.05) is 19.8 Å². The zero-order valence-electron chi connectivity index (χ0n) is 10.4. The summed E-state index contributed by atoms with van der Waals surface area (Å²) in [6, 6.07) is 1.77. The molecule has 0 aliphatic rings. The standard InChI is InChI=1S/C12H20N2O2S/c1-3-4-5-6-17-8-10-7-11(12(15)14-13)16-9(10)2/h7H,3-6,8,13H2,1-2H3,(H,14,15). The molecule has 0 aliphatic carbocycles. The van der Waals surface area contributed by atoms with Gasteiger partial charge in [0, 0.05) is 11.3 Å². The minimum Gasteiger partial charge on any atom is -0.456 e. The molecule has 17 heavy (non-hydrogen) atoms. The third-order valence-corrected chi connectivity index (χ3v) is 3.62. The number of furan rings is 1. The summed E-state index contributed by atoms with van der Waals surface area (Å²) in [6.45, 7) is 4.07. The first-order valence-electron chi connectivity index (χ1n) is 5.87. The summed E-state index contributed by atoms with van der Waals surface area (Å²) >= 11 is 1.87. The Balaban J connectivity index is 2.43. The average molecular weight is 256 g/mol. The first kappa shape index (κ1) is 14.1. The summed E-state index contributed by atoms with van der Waals surface area (Å²) < 4.78 is 5.34. The van der Waals surface area contributed by atoms with Crippen molar-refractivity contribution in [1.29, 1.82) is 0 Å². The van der Waals surface area contributed by atoms with Crippen LogP contribution in [-0.2, 0) is 5.75 Å². The number of carbonyl (C=O) groups excluding carboxylic acids is 1. The van der Waals surface area contributed by atoms with E-state index in [2.05, 4.69) is 12.3 Å². The average Bonchev–Trinajstić information content (AvgIpc) is 2.70. The van der Waals surface area contributed by atoms with Gasteiger partial charge in [-0.2, -0.15) is 11.8 Å². The van der Waals surface area contributed by atoms with Gasteiger partial charge in [-0.25, -0.2) is 5.84 Å². The minimum atomic E-state index is -0.379. The molecular formula is C12H20N2O2S. The quantitative estimate of drug-likeness (QED) is 0.340. The fourth-order valence-corrected chi connectivity index (χ4v) is 2.54. The van der Waals surface area contributed by atoms with Crippen LogP contribution in [-0.4, -0.2) is 11.7 Å². The number of hydrogen-bond acceptors (Lipinski definition) is 4. The van der Waals surface area contributed by atoms with Crippen molar-refractivity contribution in [3.05, 3.63) is 23.2 Å².